The summed E-state index contributed by atoms with van der Waals surface area (Å²) in [4.78, 5) is 12.4. The van der Waals surface area contributed by atoms with Crippen molar-refractivity contribution >= 4 is 33.2 Å². The summed E-state index contributed by atoms with van der Waals surface area (Å²) in [5, 5.41) is 11.7. The zero-order valence-electron chi connectivity index (χ0n) is 8.71. The molecule has 1 aromatic heterocycles. The van der Waals surface area contributed by atoms with E-state index in [1.807, 2.05) is 19.9 Å². The molecule has 0 aromatic carbocycles. The molecular weight excluding hydrogens is 278 g/mol. The van der Waals surface area contributed by atoms with Gasteiger partial charge in [-0.2, -0.15) is 0 Å². The Balaban J connectivity index is 2.68. The molecule has 0 saturated heterocycles. The number of aliphatic hydroxyl groups is 1. The van der Waals surface area contributed by atoms with E-state index in [2.05, 4.69) is 21.2 Å². The van der Waals surface area contributed by atoms with Crippen LogP contribution in [0.15, 0.2) is 9.85 Å². The van der Waals surface area contributed by atoms with Gasteiger partial charge in [0.15, 0.2) is 0 Å². The van der Waals surface area contributed by atoms with E-state index in [0.717, 1.165) is 15.8 Å². The molecule has 1 aromatic rings. The quantitative estimate of drug-likeness (QED) is 0.894. The lowest BCUT2D eigenvalue weighted by Gasteiger charge is -2.12. The average Bonchev–Trinajstić information content (AvgIpc) is 2.55. The van der Waals surface area contributed by atoms with Gasteiger partial charge in [0.1, 0.15) is 0 Å². The molecule has 1 amide bonds. The summed E-state index contributed by atoms with van der Waals surface area (Å²) in [6, 6.07) is 1.69. The normalized spacial score (nSPS) is 12.5. The predicted molar refractivity (Wildman–Crippen MR) is 65.4 cm³/mol. The maximum atomic E-state index is 11.7. The maximum Gasteiger partial charge on any atom is 0.261 e. The molecule has 0 unspecified atom stereocenters. The van der Waals surface area contributed by atoms with Gasteiger partial charge in [0.25, 0.3) is 5.91 Å². The molecule has 0 saturated carbocycles. The Morgan fingerprint density at radius 3 is 2.80 bits per heavy atom. The van der Waals surface area contributed by atoms with E-state index in [1.54, 1.807) is 0 Å². The van der Waals surface area contributed by atoms with Crippen LogP contribution in [0.4, 0.5) is 0 Å². The monoisotopic (exact) mass is 291 g/mol. The summed E-state index contributed by atoms with van der Waals surface area (Å²) < 4.78 is 0.977. The smallest absolute Gasteiger partial charge is 0.261 e. The third-order valence-corrected chi connectivity index (χ3v) is 4.26. The van der Waals surface area contributed by atoms with Crippen LogP contribution < -0.4 is 5.32 Å². The summed E-state index contributed by atoms with van der Waals surface area (Å²) in [5.41, 5.74) is 1.06. The highest BCUT2D eigenvalue weighted by Gasteiger charge is 2.14. The molecule has 0 bridgehead atoms. The summed E-state index contributed by atoms with van der Waals surface area (Å²) in [6.07, 6.45) is 0.730. The number of carbonyl (C=O) groups excluding carboxylic acids is 1. The van der Waals surface area contributed by atoms with E-state index in [-0.39, 0.29) is 18.6 Å². The zero-order valence-corrected chi connectivity index (χ0v) is 11.1. The van der Waals surface area contributed by atoms with E-state index in [9.17, 15) is 4.79 Å². The lowest BCUT2D eigenvalue weighted by atomic mass is 10.2. The second-order valence-corrected chi connectivity index (χ2v) is 5.70. The molecule has 15 heavy (non-hydrogen) atoms. The van der Waals surface area contributed by atoms with Gasteiger partial charge in [-0.1, -0.05) is 6.92 Å². The number of carbonyl (C=O) groups is 1. The van der Waals surface area contributed by atoms with Gasteiger partial charge in [0, 0.05) is 0 Å². The SMILES string of the molecule is CC[C@@H](CO)NC(=O)c1cc(C)c(Br)s1. The van der Waals surface area contributed by atoms with Gasteiger partial charge in [-0.15, -0.1) is 11.3 Å². The van der Waals surface area contributed by atoms with Crippen LogP contribution in [0, 0.1) is 6.92 Å². The maximum absolute atomic E-state index is 11.7. The highest BCUT2D eigenvalue weighted by atomic mass is 79.9. The number of amides is 1. The predicted octanol–water partition coefficient (Wildman–Crippen LogP) is 2.32. The third-order valence-electron chi connectivity index (χ3n) is 2.13. The van der Waals surface area contributed by atoms with E-state index in [4.69, 9.17) is 5.11 Å². The van der Waals surface area contributed by atoms with Crippen LogP contribution in [0.25, 0.3) is 0 Å². The Kier molecular flexibility index (Phi) is 4.76. The number of hydrogen-bond acceptors (Lipinski definition) is 3. The van der Waals surface area contributed by atoms with Crippen LogP contribution in [0.3, 0.4) is 0 Å². The summed E-state index contributed by atoms with van der Waals surface area (Å²) in [6.45, 7) is 3.85. The first-order valence-electron chi connectivity index (χ1n) is 4.76. The number of aryl methyl sites for hydroxylation is 1. The van der Waals surface area contributed by atoms with Gasteiger partial charge >= 0.3 is 0 Å². The van der Waals surface area contributed by atoms with Gasteiger partial charge in [0.05, 0.1) is 21.3 Å². The van der Waals surface area contributed by atoms with Gasteiger partial charge in [0.2, 0.25) is 0 Å². The number of hydrogen-bond donors (Lipinski definition) is 2. The first-order valence-corrected chi connectivity index (χ1v) is 6.37. The van der Waals surface area contributed by atoms with Crippen molar-refractivity contribution in [2.24, 2.45) is 0 Å². The van der Waals surface area contributed by atoms with Crippen molar-refractivity contribution in [2.45, 2.75) is 26.3 Å². The Hall–Kier alpha value is -0.390. The van der Waals surface area contributed by atoms with Crippen LogP contribution in [0.5, 0.6) is 0 Å². The van der Waals surface area contributed by atoms with Crippen LogP contribution in [-0.2, 0) is 0 Å². The first-order chi connectivity index (χ1) is 7.08. The zero-order chi connectivity index (χ0) is 11.4. The van der Waals surface area contributed by atoms with Crippen molar-refractivity contribution in [3.63, 3.8) is 0 Å². The molecule has 5 heteroatoms. The molecule has 0 aliphatic rings. The van der Waals surface area contributed by atoms with Crippen LogP contribution in [-0.4, -0.2) is 23.7 Å². The standard InChI is InChI=1S/C10H14BrNO2S/c1-3-7(5-13)12-10(14)8-4-6(2)9(11)15-8/h4,7,13H,3,5H2,1-2H3,(H,12,14)/t7-/m0/s1. The van der Waals surface area contributed by atoms with Crippen molar-refractivity contribution in [2.75, 3.05) is 6.61 Å². The van der Waals surface area contributed by atoms with E-state index in [0.29, 0.717) is 4.88 Å². The minimum absolute atomic E-state index is 0.0201. The van der Waals surface area contributed by atoms with E-state index < -0.39 is 0 Å². The molecule has 2 N–H and O–H groups in total. The molecule has 1 heterocycles. The van der Waals surface area contributed by atoms with Crippen molar-refractivity contribution < 1.29 is 9.90 Å². The average molecular weight is 292 g/mol. The van der Waals surface area contributed by atoms with Crippen molar-refractivity contribution in [3.05, 3.63) is 20.3 Å². The fourth-order valence-corrected chi connectivity index (χ4v) is 2.54. The number of rotatable bonds is 4. The molecule has 84 valence electrons. The highest BCUT2D eigenvalue weighted by molar-refractivity contribution is 9.11. The molecule has 3 nitrogen and oxygen atoms in total. The summed E-state index contributed by atoms with van der Waals surface area (Å²) >= 11 is 4.78. The lowest BCUT2D eigenvalue weighted by molar-refractivity contribution is 0.0919. The van der Waals surface area contributed by atoms with Crippen LogP contribution >= 0.6 is 27.3 Å². The van der Waals surface area contributed by atoms with Crippen molar-refractivity contribution in [1.82, 2.24) is 5.32 Å². The van der Waals surface area contributed by atoms with E-state index >= 15 is 0 Å². The number of halogens is 1. The minimum atomic E-state index is -0.154. The van der Waals surface area contributed by atoms with Gasteiger partial charge in [-0.25, -0.2) is 0 Å². The largest absolute Gasteiger partial charge is 0.394 e. The second kappa shape index (κ2) is 5.63. The third kappa shape index (κ3) is 3.29. The Morgan fingerprint density at radius 2 is 2.40 bits per heavy atom. The molecule has 0 spiro atoms. The summed E-state index contributed by atoms with van der Waals surface area (Å²) in [5.74, 6) is -0.116. The van der Waals surface area contributed by atoms with Crippen LogP contribution in [0.2, 0.25) is 0 Å². The molecule has 0 radical (unpaired) electrons. The van der Waals surface area contributed by atoms with Crippen molar-refractivity contribution in [1.29, 1.82) is 0 Å². The Bertz CT molecular complexity index is 328. The minimum Gasteiger partial charge on any atom is -0.394 e. The molecule has 0 aliphatic carbocycles. The second-order valence-electron chi connectivity index (χ2n) is 3.33. The van der Waals surface area contributed by atoms with Crippen molar-refractivity contribution in [3.8, 4) is 0 Å². The Morgan fingerprint density at radius 1 is 1.73 bits per heavy atom. The molecule has 0 aliphatic heterocycles. The van der Waals surface area contributed by atoms with Crippen LogP contribution in [0.1, 0.15) is 28.6 Å². The summed E-state index contributed by atoms with van der Waals surface area (Å²) in [7, 11) is 0. The fraction of sp³-hybridized carbons (Fsp3) is 0.500. The number of nitrogens with one attached hydrogen (secondary N) is 1. The molecule has 0 fully saturated rings. The topological polar surface area (TPSA) is 49.3 Å². The molecule has 1 rings (SSSR count). The molecule has 1 atom stereocenters. The lowest BCUT2D eigenvalue weighted by Crippen LogP contribution is -2.36. The Labute approximate surface area is 102 Å². The highest BCUT2D eigenvalue weighted by Crippen LogP contribution is 2.27. The molecular formula is C10H14BrNO2S. The van der Waals surface area contributed by atoms with Gasteiger partial charge < -0.3 is 10.4 Å². The number of thiophene rings is 1. The van der Waals surface area contributed by atoms with Gasteiger partial charge in [-0.3, -0.25) is 4.79 Å². The van der Waals surface area contributed by atoms with Gasteiger partial charge in [-0.05, 0) is 40.9 Å². The van der Waals surface area contributed by atoms with E-state index in [1.165, 1.54) is 11.3 Å². The first kappa shape index (κ1) is 12.7. The number of aliphatic hydroxyl groups excluding tert-OH is 1. The fourth-order valence-electron chi connectivity index (χ4n) is 1.11.